The molecule has 0 rings (SSSR count). The Balaban J connectivity index is -0.000000107. The van der Waals surface area contributed by atoms with E-state index in [0.29, 0.717) is 0 Å². The normalized spacial score (nSPS) is 9.18. The number of carbonyl (C=O) groups is 2. The predicted molar refractivity (Wildman–Crippen MR) is 154 cm³/mol. The maximum absolute atomic E-state index is 11.9. The summed E-state index contributed by atoms with van der Waals surface area (Å²) in [6, 6.07) is 0. The minimum absolute atomic E-state index is 0. The van der Waals surface area contributed by atoms with Crippen molar-refractivity contribution in [3.63, 3.8) is 0 Å². The lowest BCUT2D eigenvalue weighted by Gasteiger charge is -2.14. The highest BCUT2D eigenvalue weighted by atomic mass is 32.1. The van der Waals surface area contributed by atoms with Crippen LogP contribution in [0.2, 0.25) is 0 Å². The summed E-state index contributed by atoms with van der Waals surface area (Å²) in [5.74, 6) is 23.0. The quantitative estimate of drug-likeness (QED) is 0.147. The number of ether oxygens (including phenoxy) is 2. The Morgan fingerprint density at radius 2 is 1.33 bits per heavy atom. The number of rotatable bonds is 14. The molecule has 0 aromatic heterocycles. The van der Waals surface area contributed by atoms with Crippen LogP contribution in [0, 0.1) is 59.2 Å². The molecule has 196 valence electrons. The fourth-order valence-electron chi connectivity index (χ4n) is 2.49. The van der Waals surface area contributed by atoms with Crippen LogP contribution in [0.4, 0.5) is 0 Å². The van der Waals surface area contributed by atoms with Gasteiger partial charge in [0, 0.05) is 25.2 Å². The van der Waals surface area contributed by atoms with E-state index in [1.807, 2.05) is 0 Å². The van der Waals surface area contributed by atoms with Crippen LogP contribution >= 0.6 is 13.5 Å². The standard InChI is InChI=1S/C27H32O5.H2S.9H2/c1-3-5-7-9-11-13-15-17-19-21-26(29)31-24-25(23-28)32-27(30)22-20-18-16-14-12-10-8-6-4-2;;;;;;;;;;/h25,28H,4,6,8,10,12,14,16,18,20,22-24H2,1-2H3;1H2;9*1H/t25-;;;;;;;;;;/m1........../s1. The second kappa shape index (κ2) is 25.3. The number of esters is 2. The Hall–Kier alpha value is -2.95. The van der Waals surface area contributed by atoms with Gasteiger partial charge in [-0.2, -0.15) is 13.5 Å². The lowest BCUT2D eigenvalue weighted by Crippen LogP contribution is -2.28. The van der Waals surface area contributed by atoms with E-state index >= 15 is 0 Å². The van der Waals surface area contributed by atoms with Crippen LogP contribution in [0.1, 0.15) is 90.9 Å². The van der Waals surface area contributed by atoms with Crippen LogP contribution < -0.4 is 0 Å². The Labute approximate surface area is 219 Å². The zero-order valence-electron chi connectivity index (χ0n) is 19.6. The number of aliphatic hydroxyl groups is 1. The summed E-state index contributed by atoms with van der Waals surface area (Å²) in [5, 5.41) is 9.31. The Morgan fingerprint density at radius 1 is 0.818 bits per heavy atom. The van der Waals surface area contributed by atoms with Gasteiger partial charge >= 0.3 is 11.9 Å². The summed E-state index contributed by atoms with van der Waals surface area (Å²) < 4.78 is 10.0. The lowest BCUT2D eigenvalue weighted by molar-refractivity contribution is -0.159. The lowest BCUT2D eigenvalue weighted by atomic mass is 10.1. The van der Waals surface area contributed by atoms with Crippen molar-refractivity contribution in [1.82, 2.24) is 0 Å². The van der Waals surface area contributed by atoms with Crippen LogP contribution in [0.5, 0.6) is 0 Å². The van der Waals surface area contributed by atoms with Gasteiger partial charge in [0.05, 0.1) is 6.61 Å². The van der Waals surface area contributed by atoms with Crippen molar-refractivity contribution in [3.05, 3.63) is 0 Å². The van der Waals surface area contributed by atoms with Crippen molar-refractivity contribution in [3.8, 4) is 59.2 Å². The summed E-state index contributed by atoms with van der Waals surface area (Å²) in [4.78, 5) is 23.4. The molecule has 1 N–H and O–H groups in total. The summed E-state index contributed by atoms with van der Waals surface area (Å²) >= 11 is 0. The van der Waals surface area contributed by atoms with Gasteiger partial charge in [-0.25, -0.2) is 4.79 Å². The molecule has 0 aliphatic carbocycles. The molecule has 0 saturated heterocycles. The SMILES string of the molecule is CC#CC#CC#CC#CC#CC(=O)OC[C@@H](CO)OC(=O)CCCCCCCCCCC.S.[HH].[HH].[HH].[HH].[HH].[HH].[HH].[HH].[HH]. The Morgan fingerprint density at radius 3 is 1.88 bits per heavy atom. The third kappa shape index (κ3) is 23.5. The fraction of sp³-hybridized carbons (Fsp3) is 0.556. The van der Waals surface area contributed by atoms with E-state index in [1.165, 1.54) is 38.5 Å². The van der Waals surface area contributed by atoms with Gasteiger partial charge < -0.3 is 14.6 Å². The number of unbranched alkanes of at least 4 members (excludes halogenated alkanes) is 8. The Kier molecular flexibility index (Phi) is 24.7. The molecule has 0 aromatic carbocycles. The summed E-state index contributed by atoms with van der Waals surface area (Å²) in [5.41, 5.74) is 0. The van der Waals surface area contributed by atoms with Crippen molar-refractivity contribution in [2.45, 2.75) is 84.2 Å². The van der Waals surface area contributed by atoms with E-state index in [4.69, 9.17) is 9.47 Å². The molecule has 33 heavy (non-hydrogen) atoms. The highest BCUT2D eigenvalue weighted by Crippen LogP contribution is 2.11. The molecule has 0 spiro atoms. The van der Waals surface area contributed by atoms with Crippen LogP contribution in [0.15, 0.2) is 0 Å². The van der Waals surface area contributed by atoms with Gasteiger partial charge in [-0.3, -0.25) is 4.79 Å². The van der Waals surface area contributed by atoms with Gasteiger partial charge in [0.15, 0.2) is 6.10 Å². The number of hydrogen-bond donors (Lipinski definition) is 1. The maximum atomic E-state index is 11.9. The first-order chi connectivity index (χ1) is 15.6. The monoisotopic (exact) mass is 488 g/mol. The molecule has 0 radical (unpaired) electrons. The van der Waals surface area contributed by atoms with Crippen molar-refractivity contribution in [2.24, 2.45) is 0 Å². The maximum Gasteiger partial charge on any atom is 0.385 e. The number of hydrogen-bond acceptors (Lipinski definition) is 5. The molecule has 5 nitrogen and oxygen atoms in total. The highest BCUT2D eigenvalue weighted by molar-refractivity contribution is 7.59. The van der Waals surface area contributed by atoms with Crippen molar-refractivity contribution >= 4 is 25.4 Å². The van der Waals surface area contributed by atoms with E-state index in [-0.39, 0.29) is 39.4 Å². The fourth-order valence-corrected chi connectivity index (χ4v) is 2.49. The van der Waals surface area contributed by atoms with E-state index in [9.17, 15) is 14.7 Å². The first-order valence-corrected chi connectivity index (χ1v) is 11.0. The molecule has 0 aliphatic heterocycles. The van der Waals surface area contributed by atoms with Crippen LogP contribution in [-0.2, 0) is 19.1 Å². The molecule has 6 heteroatoms. The molecule has 0 amide bonds. The molecular weight excluding hydrogens is 436 g/mol. The molecule has 0 bridgehead atoms. The average Bonchev–Trinajstić information content (AvgIpc) is 2.79. The van der Waals surface area contributed by atoms with Gasteiger partial charge in [-0.1, -0.05) is 64.2 Å². The van der Waals surface area contributed by atoms with Crippen LogP contribution in [0.3, 0.4) is 0 Å². The van der Waals surface area contributed by atoms with Crippen molar-refractivity contribution in [1.29, 1.82) is 0 Å². The number of aliphatic hydroxyl groups excluding tert-OH is 1. The van der Waals surface area contributed by atoms with Crippen LogP contribution in [0.25, 0.3) is 0 Å². The van der Waals surface area contributed by atoms with E-state index in [0.717, 1.165) is 19.3 Å². The van der Waals surface area contributed by atoms with E-state index in [2.05, 4.69) is 66.1 Å². The summed E-state index contributed by atoms with van der Waals surface area (Å²) in [7, 11) is 0. The molecule has 0 aromatic rings. The van der Waals surface area contributed by atoms with E-state index in [1.54, 1.807) is 6.92 Å². The molecule has 1 atom stereocenters. The third-order valence-electron chi connectivity index (χ3n) is 4.11. The second-order valence-corrected chi connectivity index (χ2v) is 6.85. The summed E-state index contributed by atoms with van der Waals surface area (Å²) in [6.07, 6.45) is 9.77. The first kappa shape index (κ1) is 32.2. The van der Waals surface area contributed by atoms with Gasteiger partial charge in [0.25, 0.3) is 0 Å². The zero-order valence-corrected chi connectivity index (χ0v) is 20.6. The van der Waals surface area contributed by atoms with Gasteiger partial charge in [-0.15, -0.1) is 0 Å². The first-order valence-electron chi connectivity index (χ1n) is 11.0. The molecule has 0 aliphatic rings. The molecule has 0 unspecified atom stereocenters. The topological polar surface area (TPSA) is 72.8 Å². The summed E-state index contributed by atoms with van der Waals surface area (Å²) in [6.45, 7) is 3.16. The molecule has 0 saturated carbocycles. The minimum Gasteiger partial charge on any atom is -0.456 e. The zero-order chi connectivity index (χ0) is 23.7. The molecule has 0 fully saturated rings. The number of carbonyl (C=O) groups excluding carboxylic acids is 2. The predicted octanol–water partition coefficient (Wildman–Crippen LogP) is 5.72. The highest BCUT2D eigenvalue weighted by Gasteiger charge is 2.15. The van der Waals surface area contributed by atoms with Gasteiger partial charge in [0.2, 0.25) is 0 Å². The van der Waals surface area contributed by atoms with E-state index < -0.39 is 24.6 Å². The minimum atomic E-state index is -0.909. The van der Waals surface area contributed by atoms with Gasteiger partial charge in [-0.05, 0) is 60.7 Å². The van der Waals surface area contributed by atoms with Crippen molar-refractivity contribution in [2.75, 3.05) is 13.2 Å². The largest absolute Gasteiger partial charge is 0.456 e. The average molecular weight is 489 g/mol. The smallest absolute Gasteiger partial charge is 0.385 e. The second-order valence-electron chi connectivity index (χ2n) is 6.85. The van der Waals surface area contributed by atoms with Crippen LogP contribution in [-0.4, -0.2) is 36.4 Å². The van der Waals surface area contributed by atoms with Crippen molar-refractivity contribution < 1.29 is 37.0 Å². The molecule has 0 heterocycles. The molecular formula is C27H52O5S. The van der Waals surface area contributed by atoms with Gasteiger partial charge in [0.1, 0.15) is 6.61 Å². The Bertz CT molecular complexity index is 898. The third-order valence-corrected chi connectivity index (χ3v) is 4.11.